The molecular formula is C23H17Cl3N2O4. The normalized spacial score (nSPS) is 10.8. The number of rotatable bonds is 7. The molecule has 9 heteroatoms. The molecule has 0 heterocycles. The fraction of sp³-hybridized carbons (Fsp3) is 0.0870. The Morgan fingerprint density at radius 3 is 2.47 bits per heavy atom. The first-order valence-electron chi connectivity index (χ1n) is 9.40. The van der Waals surface area contributed by atoms with Crippen molar-refractivity contribution in [3.63, 3.8) is 0 Å². The number of hydrazone groups is 1. The number of carbonyl (C=O) groups is 2. The number of esters is 1. The highest BCUT2D eigenvalue weighted by atomic mass is 35.5. The molecule has 0 radical (unpaired) electrons. The van der Waals surface area contributed by atoms with E-state index < -0.39 is 11.9 Å². The summed E-state index contributed by atoms with van der Waals surface area (Å²) < 4.78 is 11.0. The number of ether oxygens (including phenoxy) is 2. The molecule has 1 N–H and O–H groups in total. The quantitative estimate of drug-likeness (QED) is 0.189. The van der Waals surface area contributed by atoms with Gasteiger partial charge >= 0.3 is 5.97 Å². The van der Waals surface area contributed by atoms with Crippen molar-refractivity contribution in [2.75, 3.05) is 6.61 Å². The molecule has 0 saturated carbocycles. The second-order valence-electron chi connectivity index (χ2n) is 6.36. The van der Waals surface area contributed by atoms with Gasteiger partial charge in [0.05, 0.1) is 23.4 Å². The van der Waals surface area contributed by atoms with Crippen LogP contribution >= 0.6 is 34.8 Å². The summed E-state index contributed by atoms with van der Waals surface area (Å²) in [5.41, 5.74) is 3.60. The van der Waals surface area contributed by atoms with Crippen LogP contribution in [0.15, 0.2) is 65.8 Å². The lowest BCUT2D eigenvalue weighted by atomic mass is 10.2. The maximum atomic E-state index is 12.5. The van der Waals surface area contributed by atoms with Crippen LogP contribution in [-0.2, 0) is 0 Å². The first kappa shape index (κ1) is 23.6. The van der Waals surface area contributed by atoms with Gasteiger partial charge in [-0.05, 0) is 67.1 Å². The summed E-state index contributed by atoms with van der Waals surface area (Å²) >= 11 is 17.8. The molecule has 3 rings (SSSR count). The number of halogens is 3. The highest BCUT2D eigenvalue weighted by Gasteiger charge is 2.16. The molecule has 0 atom stereocenters. The number of amides is 1. The summed E-state index contributed by atoms with van der Waals surface area (Å²) in [6.07, 6.45) is 1.44. The third kappa shape index (κ3) is 6.23. The number of hydrogen-bond acceptors (Lipinski definition) is 5. The van der Waals surface area contributed by atoms with Crippen LogP contribution in [0.4, 0.5) is 0 Å². The molecule has 32 heavy (non-hydrogen) atoms. The van der Waals surface area contributed by atoms with E-state index in [0.29, 0.717) is 33.5 Å². The minimum absolute atomic E-state index is 0.174. The van der Waals surface area contributed by atoms with E-state index in [1.54, 1.807) is 49.4 Å². The Balaban J connectivity index is 1.73. The van der Waals surface area contributed by atoms with Crippen LogP contribution in [0.2, 0.25) is 15.1 Å². The lowest BCUT2D eigenvalue weighted by Crippen LogP contribution is -2.17. The van der Waals surface area contributed by atoms with Crippen molar-refractivity contribution in [3.8, 4) is 11.5 Å². The maximum absolute atomic E-state index is 12.5. The van der Waals surface area contributed by atoms with Crippen LogP contribution in [0.3, 0.4) is 0 Å². The highest BCUT2D eigenvalue weighted by molar-refractivity contribution is 6.36. The molecule has 6 nitrogen and oxygen atoms in total. The van der Waals surface area contributed by atoms with Crippen molar-refractivity contribution in [2.45, 2.75) is 6.92 Å². The van der Waals surface area contributed by atoms with E-state index in [2.05, 4.69) is 10.5 Å². The number of hydrogen-bond donors (Lipinski definition) is 1. The van der Waals surface area contributed by atoms with Gasteiger partial charge in [-0.1, -0.05) is 40.9 Å². The minimum atomic E-state index is -0.650. The van der Waals surface area contributed by atoms with E-state index in [-0.39, 0.29) is 16.3 Å². The zero-order valence-corrected chi connectivity index (χ0v) is 19.0. The molecule has 0 aliphatic heterocycles. The summed E-state index contributed by atoms with van der Waals surface area (Å²) in [6.45, 7) is 2.14. The van der Waals surface area contributed by atoms with E-state index in [0.717, 1.165) is 0 Å². The van der Waals surface area contributed by atoms with Gasteiger partial charge in [0.2, 0.25) is 0 Å². The summed E-state index contributed by atoms with van der Waals surface area (Å²) in [5.74, 6) is -0.513. The monoisotopic (exact) mass is 490 g/mol. The van der Waals surface area contributed by atoms with E-state index in [4.69, 9.17) is 44.3 Å². The molecule has 0 aromatic heterocycles. The lowest BCUT2D eigenvalue weighted by molar-refractivity contribution is 0.0728. The molecule has 0 bridgehead atoms. The van der Waals surface area contributed by atoms with Gasteiger partial charge in [-0.2, -0.15) is 5.10 Å². The first-order valence-corrected chi connectivity index (χ1v) is 10.5. The van der Waals surface area contributed by atoms with E-state index >= 15 is 0 Å². The van der Waals surface area contributed by atoms with Crippen LogP contribution in [0.25, 0.3) is 0 Å². The molecule has 0 aliphatic rings. The van der Waals surface area contributed by atoms with Crippen LogP contribution in [-0.4, -0.2) is 24.7 Å². The molecule has 0 unspecified atom stereocenters. The molecule has 0 fully saturated rings. The van der Waals surface area contributed by atoms with Gasteiger partial charge in [-0.3, -0.25) is 4.79 Å². The Bertz CT molecular complexity index is 1180. The Hall–Kier alpha value is -3.06. The average molecular weight is 492 g/mol. The van der Waals surface area contributed by atoms with Gasteiger partial charge in [0.25, 0.3) is 5.91 Å². The number of nitrogens with one attached hydrogen (secondary N) is 1. The molecule has 0 saturated heterocycles. The van der Waals surface area contributed by atoms with Crippen molar-refractivity contribution >= 4 is 52.9 Å². The molecule has 0 aliphatic carbocycles. The third-order valence-corrected chi connectivity index (χ3v) is 4.87. The number of benzene rings is 3. The lowest BCUT2D eigenvalue weighted by Gasteiger charge is -2.12. The minimum Gasteiger partial charge on any atom is -0.490 e. The Labute approximate surface area is 199 Å². The fourth-order valence-electron chi connectivity index (χ4n) is 2.63. The predicted octanol–water partition coefficient (Wildman–Crippen LogP) is 6.03. The zero-order chi connectivity index (χ0) is 23.1. The highest BCUT2D eigenvalue weighted by Crippen LogP contribution is 2.30. The molecule has 3 aromatic carbocycles. The summed E-state index contributed by atoms with van der Waals surface area (Å²) in [5, 5.41) is 4.99. The van der Waals surface area contributed by atoms with Crippen molar-refractivity contribution in [2.24, 2.45) is 5.10 Å². The molecule has 0 spiro atoms. The zero-order valence-electron chi connectivity index (χ0n) is 16.8. The van der Waals surface area contributed by atoms with Crippen molar-refractivity contribution in [1.29, 1.82) is 0 Å². The van der Waals surface area contributed by atoms with Crippen LogP contribution in [0, 0.1) is 0 Å². The SMILES string of the molecule is CCOc1cc(/C=N\NC(=O)c2cccc(Cl)c2)ccc1OC(=O)c1ccc(Cl)cc1Cl. The van der Waals surface area contributed by atoms with Gasteiger partial charge in [-0.25, -0.2) is 10.2 Å². The summed E-state index contributed by atoms with van der Waals surface area (Å²) in [6, 6.07) is 15.8. The Morgan fingerprint density at radius 2 is 1.75 bits per heavy atom. The van der Waals surface area contributed by atoms with Crippen LogP contribution in [0.1, 0.15) is 33.2 Å². The number of carbonyl (C=O) groups excluding carboxylic acids is 2. The van der Waals surface area contributed by atoms with E-state index in [1.807, 2.05) is 0 Å². The first-order chi connectivity index (χ1) is 15.4. The van der Waals surface area contributed by atoms with E-state index in [1.165, 1.54) is 24.4 Å². The standard InChI is InChI=1S/C23H17Cl3N2O4/c1-2-31-21-10-14(13-27-28-22(29)15-4-3-5-16(24)11-15)6-9-20(21)32-23(30)18-8-7-17(25)12-19(18)26/h3-13H,2H2,1H3,(H,28,29)/b27-13-. The van der Waals surface area contributed by atoms with Gasteiger partial charge in [-0.15, -0.1) is 0 Å². The van der Waals surface area contributed by atoms with Gasteiger partial charge in [0, 0.05) is 15.6 Å². The van der Waals surface area contributed by atoms with Crippen molar-refractivity contribution in [1.82, 2.24) is 5.43 Å². The van der Waals surface area contributed by atoms with Gasteiger partial charge in [0.15, 0.2) is 11.5 Å². The van der Waals surface area contributed by atoms with Gasteiger partial charge in [0.1, 0.15) is 0 Å². The largest absolute Gasteiger partial charge is 0.490 e. The Kier molecular flexibility index (Phi) is 8.11. The van der Waals surface area contributed by atoms with Crippen molar-refractivity contribution in [3.05, 3.63) is 92.4 Å². The Morgan fingerprint density at radius 1 is 0.969 bits per heavy atom. The van der Waals surface area contributed by atoms with E-state index in [9.17, 15) is 9.59 Å². The van der Waals surface area contributed by atoms with Crippen LogP contribution in [0.5, 0.6) is 11.5 Å². The summed E-state index contributed by atoms with van der Waals surface area (Å²) in [7, 11) is 0. The fourth-order valence-corrected chi connectivity index (χ4v) is 3.30. The molecule has 164 valence electrons. The molecule has 1 amide bonds. The molecule has 3 aromatic rings. The number of nitrogens with zero attached hydrogens (tertiary/aromatic N) is 1. The topological polar surface area (TPSA) is 77.0 Å². The third-order valence-electron chi connectivity index (χ3n) is 4.09. The van der Waals surface area contributed by atoms with Crippen molar-refractivity contribution < 1.29 is 19.1 Å². The summed E-state index contributed by atoms with van der Waals surface area (Å²) in [4.78, 5) is 24.6. The second-order valence-corrected chi connectivity index (χ2v) is 7.64. The van der Waals surface area contributed by atoms with Crippen LogP contribution < -0.4 is 14.9 Å². The average Bonchev–Trinajstić information content (AvgIpc) is 2.75. The molecular weight excluding hydrogens is 475 g/mol. The maximum Gasteiger partial charge on any atom is 0.345 e. The second kappa shape index (κ2) is 11.0. The van der Waals surface area contributed by atoms with Gasteiger partial charge < -0.3 is 9.47 Å². The smallest absolute Gasteiger partial charge is 0.345 e. The predicted molar refractivity (Wildman–Crippen MR) is 126 cm³/mol.